The van der Waals surface area contributed by atoms with Gasteiger partial charge in [-0.2, -0.15) is 5.26 Å². The number of nitrogens with zero attached hydrogens (tertiary/aromatic N) is 4. The molecular weight excluding hydrogens is 224 g/mol. The molecule has 0 fully saturated rings. The van der Waals surface area contributed by atoms with E-state index in [1.54, 1.807) is 12.3 Å². The van der Waals surface area contributed by atoms with E-state index in [1.807, 2.05) is 42.7 Å². The van der Waals surface area contributed by atoms with E-state index in [2.05, 4.69) is 14.5 Å². The molecule has 0 atom stereocenters. The number of para-hydroxylation sites is 2. The van der Waals surface area contributed by atoms with Crippen molar-refractivity contribution in [3.05, 3.63) is 60.2 Å². The number of pyridine rings is 1. The van der Waals surface area contributed by atoms with E-state index in [0.717, 1.165) is 16.6 Å². The van der Waals surface area contributed by atoms with Gasteiger partial charge in [-0.05, 0) is 29.8 Å². The lowest BCUT2D eigenvalue weighted by atomic mass is 10.2. The van der Waals surface area contributed by atoms with E-state index in [9.17, 15) is 0 Å². The van der Waals surface area contributed by atoms with Crippen LogP contribution >= 0.6 is 0 Å². The number of benzene rings is 1. The quantitative estimate of drug-likeness (QED) is 0.684. The second-order valence-corrected chi connectivity index (χ2v) is 4.02. The fraction of sp³-hybridized carbons (Fsp3) is 0.0714. The standard InChI is InChI=1S/C14H10N4/c15-8-12-7-11(5-6-16-12)9-18-10-17-13-3-1-2-4-14(13)18/h1-7,10H,9H2. The van der Waals surface area contributed by atoms with Crippen LogP contribution in [0.3, 0.4) is 0 Å². The summed E-state index contributed by atoms with van der Waals surface area (Å²) >= 11 is 0. The average Bonchev–Trinajstić information content (AvgIpc) is 2.83. The monoisotopic (exact) mass is 234 g/mol. The molecule has 0 spiro atoms. The van der Waals surface area contributed by atoms with Crippen LogP contribution in [0.5, 0.6) is 0 Å². The minimum absolute atomic E-state index is 0.442. The van der Waals surface area contributed by atoms with Crippen molar-refractivity contribution in [2.75, 3.05) is 0 Å². The van der Waals surface area contributed by atoms with Crippen LogP contribution in [0.2, 0.25) is 0 Å². The lowest BCUT2D eigenvalue weighted by Gasteiger charge is -2.04. The highest BCUT2D eigenvalue weighted by molar-refractivity contribution is 5.75. The number of hydrogen-bond acceptors (Lipinski definition) is 3. The first-order chi connectivity index (χ1) is 8.86. The maximum atomic E-state index is 8.83. The fourth-order valence-corrected chi connectivity index (χ4v) is 1.97. The Balaban J connectivity index is 1.99. The molecule has 0 saturated heterocycles. The first-order valence-corrected chi connectivity index (χ1v) is 5.62. The normalized spacial score (nSPS) is 10.4. The van der Waals surface area contributed by atoms with Crippen LogP contribution in [-0.4, -0.2) is 14.5 Å². The summed E-state index contributed by atoms with van der Waals surface area (Å²) in [5, 5.41) is 8.83. The van der Waals surface area contributed by atoms with Gasteiger partial charge in [0.25, 0.3) is 0 Å². The van der Waals surface area contributed by atoms with Gasteiger partial charge in [0.1, 0.15) is 11.8 Å². The molecule has 4 heteroatoms. The molecule has 2 aromatic heterocycles. The van der Waals surface area contributed by atoms with E-state index >= 15 is 0 Å². The summed E-state index contributed by atoms with van der Waals surface area (Å²) in [4.78, 5) is 8.30. The number of aromatic nitrogens is 3. The Morgan fingerprint density at radius 2 is 2.06 bits per heavy atom. The van der Waals surface area contributed by atoms with E-state index in [4.69, 9.17) is 5.26 Å². The van der Waals surface area contributed by atoms with Gasteiger partial charge in [0.05, 0.1) is 17.4 Å². The molecule has 0 saturated carbocycles. The van der Waals surface area contributed by atoms with E-state index in [0.29, 0.717) is 12.2 Å². The maximum absolute atomic E-state index is 8.83. The van der Waals surface area contributed by atoms with Crippen molar-refractivity contribution in [3.63, 3.8) is 0 Å². The summed E-state index contributed by atoms with van der Waals surface area (Å²) < 4.78 is 2.06. The summed E-state index contributed by atoms with van der Waals surface area (Å²) in [5.74, 6) is 0. The Hall–Kier alpha value is -2.67. The third-order valence-corrected chi connectivity index (χ3v) is 2.82. The SMILES string of the molecule is N#Cc1cc(Cn2cnc3ccccc32)ccn1. The Morgan fingerprint density at radius 3 is 2.94 bits per heavy atom. The molecule has 0 aliphatic heterocycles. The molecule has 3 rings (SSSR count). The van der Waals surface area contributed by atoms with Crippen molar-refractivity contribution in [3.8, 4) is 6.07 Å². The third-order valence-electron chi connectivity index (χ3n) is 2.82. The van der Waals surface area contributed by atoms with Gasteiger partial charge in [-0.15, -0.1) is 0 Å². The van der Waals surface area contributed by atoms with Gasteiger partial charge in [-0.25, -0.2) is 9.97 Å². The summed E-state index contributed by atoms with van der Waals surface area (Å²) in [6.45, 7) is 0.692. The summed E-state index contributed by atoms with van der Waals surface area (Å²) in [5.41, 5.74) is 3.56. The predicted octanol–water partition coefficient (Wildman–Crippen LogP) is 2.35. The van der Waals surface area contributed by atoms with Crippen LogP contribution in [0.4, 0.5) is 0 Å². The number of imidazole rings is 1. The first kappa shape index (κ1) is 10.5. The lowest BCUT2D eigenvalue weighted by Crippen LogP contribution is -1.98. The molecule has 2 heterocycles. The molecule has 86 valence electrons. The van der Waals surface area contributed by atoms with E-state index in [1.165, 1.54) is 0 Å². The molecule has 3 aromatic rings. The third kappa shape index (κ3) is 1.82. The number of rotatable bonds is 2. The fourth-order valence-electron chi connectivity index (χ4n) is 1.97. The van der Waals surface area contributed by atoms with Crippen LogP contribution < -0.4 is 0 Å². The molecule has 4 nitrogen and oxygen atoms in total. The largest absolute Gasteiger partial charge is 0.326 e. The summed E-state index contributed by atoms with van der Waals surface area (Å²) in [6.07, 6.45) is 3.48. The van der Waals surface area contributed by atoms with Gasteiger partial charge < -0.3 is 4.57 Å². The molecule has 0 aliphatic carbocycles. The number of hydrogen-bond donors (Lipinski definition) is 0. The van der Waals surface area contributed by atoms with E-state index in [-0.39, 0.29) is 0 Å². The Bertz CT molecular complexity index is 737. The molecule has 1 aromatic carbocycles. The van der Waals surface area contributed by atoms with Gasteiger partial charge in [-0.1, -0.05) is 12.1 Å². The summed E-state index contributed by atoms with van der Waals surface area (Å²) in [7, 11) is 0. The smallest absolute Gasteiger partial charge is 0.140 e. The van der Waals surface area contributed by atoms with Gasteiger partial charge in [0.2, 0.25) is 0 Å². The first-order valence-electron chi connectivity index (χ1n) is 5.62. The molecular formula is C14H10N4. The number of nitriles is 1. The predicted molar refractivity (Wildman–Crippen MR) is 67.8 cm³/mol. The van der Waals surface area contributed by atoms with Crippen LogP contribution in [0.15, 0.2) is 48.9 Å². The van der Waals surface area contributed by atoms with Crippen LogP contribution in [0, 0.1) is 11.3 Å². The van der Waals surface area contributed by atoms with Crippen LogP contribution in [0.1, 0.15) is 11.3 Å². The van der Waals surface area contributed by atoms with Crippen molar-refractivity contribution >= 4 is 11.0 Å². The molecule has 0 radical (unpaired) electrons. The highest BCUT2D eigenvalue weighted by Crippen LogP contribution is 2.14. The minimum atomic E-state index is 0.442. The summed E-state index contributed by atoms with van der Waals surface area (Å²) in [6, 6.07) is 13.7. The van der Waals surface area contributed by atoms with Crippen molar-refractivity contribution in [2.24, 2.45) is 0 Å². The molecule has 0 N–H and O–H groups in total. The molecule has 0 aliphatic rings. The molecule has 0 bridgehead atoms. The van der Waals surface area contributed by atoms with E-state index < -0.39 is 0 Å². The lowest BCUT2D eigenvalue weighted by molar-refractivity contribution is 0.822. The average molecular weight is 234 g/mol. The second-order valence-electron chi connectivity index (χ2n) is 4.02. The molecule has 18 heavy (non-hydrogen) atoms. The van der Waals surface area contributed by atoms with Gasteiger partial charge in [0.15, 0.2) is 0 Å². The van der Waals surface area contributed by atoms with Crippen molar-refractivity contribution in [2.45, 2.75) is 6.54 Å². The maximum Gasteiger partial charge on any atom is 0.140 e. The molecule has 0 amide bonds. The second kappa shape index (κ2) is 4.30. The topological polar surface area (TPSA) is 54.5 Å². The zero-order valence-electron chi connectivity index (χ0n) is 9.61. The highest BCUT2D eigenvalue weighted by atomic mass is 15.0. The zero-order chi connectivity index (χ0) is 12.4. The minimum Gasteiger partial charge on any atom is -0.326 e. The number of fused-ring (bicyclic) bond motifs is 1. The van der Waals surface area contributed by atoms with Crippen molar-refractivity contribution in [1.82, 2.24) is 14.5 Å². The van der Waals surface area contributed by atoms with Gasteiger partial charge in [-0.3, -0.25) is 0 Å². The van der Waals surface area contributed by atoms with Crippen LogP contribution in [-0.2, 0) is 6.54 Å². The van der Waals surface area contributed by atoms with Crippen molar-refractivity contribution in [1.29, 1.82) is 5.26 Å². The van der Waals surface area contributed by atoms with Crippen molar-refractivity contribution < 1.29 is 0 Å². The Kier molecular flexibility index (Phi) is 2.50. The van der Waals surface area contributed by atoms with Gasteiger partial charge in [0, 0.05) is 12.7 Å². The molecule has 0 unspecified atom stereocenters. The van der Waals surface area contributed by atoms with Gasteiger partial charge >= 0.3 is 0 Å². The Labute approximate surface area is 104 Å². The highest BCUT2D eigenvalue weighted by Gasteiger charge is 2.03. The van der Waals surface area contributed by atoms with Crippen LogP contribution in [0.25, 0.3) is 11.0 Å². The zero-order valence-corrected chi connectivity index (χ0v) is 9.61. The Morgan fingerprint density at radius 1 is 1.17 bits per heavy atom.